The molecule has 0 heterocycles. The summed E-state index contributed by atoms with van der Waals surface area (Å²) in [6.07, 6.45) is 10.2. The first-order valence-corrected chi connectivity index (χ1v) is 10.2. The minimum Gasteiger partial charge on any atom is -0.393 e. The SMILES string of the molecule is C[C@]12CCC(O)C[C@H]1CC[C@@H]1[C@@H]2CC[C@]2(C)[C@@H](C(=O)CO)CC[C@@H]12. The number of hydrogen-bond donors (Lipinski definition) is 2. The van der Waals surface area contributed by atoms with E-state index in [0.29, 0.717) is 17.3 Å². The van der Waals surface area contributed by atoms with Crippen LogP contribution in [0.3, 0.4) is 0 Å². The zero-order chi connectivity index (χ0) is 17.1. The van der Waals surface area contributed by atoms with E-state index in [2.05, 4.69) is 13.8 Å². The number of aliphatic hydroxyl groups excluding tert-OH is 2. The predicted octanol–water partition coefficient (Wildman–Crippen LogP) is 3.57. The number of Topliss-reactive ketones (excluding diaryl/α,β-unsaturated/α-hetero) is 1. The number of hydrogen-bond acceptors (Lipinski definition) is 3. The fraction of sp³-hybridized carbons (Fsp3) is 0.952. The van der Waals surface area contributed by atoms with Crippen LogP contribution in [0.15, 0.2) is 0 Å². The van der Waals surface area contributed by atoms with E-state index < -0.39 is 0 Å². The van der Waals surface area contributed by atoms with Gasteiger partial charge in [-0.15, -0.1) is 0 Å². The maximum Gasteiger partial charge on any atom is 0.161 e. The Kier molecular flexibility index (Phi) is 4.12. The Morgan fingerprint density at radius 1 is 0.958 bits per heavy atom. The van der Waals surface area contributed by atoms with Gasteiger partial charge in [-0.1, -0.05) is 13.8 Å². The number of ketones is 1. The molecule has 4 saturated carbocycles. The minimum atomic E-state index is -0.279. The van der Waals surface area contributed by atoms with Gasteiger partial charge < -0.3 is 10.2 Å². The molecule has 0 saturated heterocycles. The van der Waals surface area contributed by atoms with Crippen LogP contribution in [0.1, 0.15) is 71.6 Å². The lowest BCUT2D eigenvalue weighted by Crippen LogP contribution is -2.54. The maximum absolute atomic E-state index is 12.3. The quantitative estimate of drug-likeness (QED) is 0.812. The zero-order valence-electron chi connectivity index (χ0n) is 15.3. The first kappa shape index (κ1) is 17.0. The molecule has 0 aromatic heterocycles. The van der Waals surface area contributed by atoms with Gasteiger partial charge in [0.25, 0.3) is 0 Å². The van der Waals surface area contributed by atoms with Crippen LogP contribution in [0.4, 0.5) is 0 Å². The van der Waals surface area contributed by atoms with Crippen molar-refractivity contribution in [2.45, 2.75) is 77.7 Å². The standard InChI is InChI=1S/C21H34O3/c1-20-9-7-14(23)11-13(20)3-4-15-16-5-6-18(19(24)12-22)21(16,2)10-8-17(15)20/h13-18,22-23H,3-12H2,1-2H3/t13-,14?,15+,16+,17+,18-,20+,21+/m1/s1. The van der Waals surface area contributed by atoms with Gasteiger partial charge in [0, 0.05) is 5.92 Å². The number of carbonyl (C=O) groups excluding carboxylic acids is 1. The van der Waals surface area contributed by atoms with Gasteiger partial charge in [-0.05, 0) is 92.3 Å². The molecule has 0 radical (unpaired) electrons. The highest BCUT2D eigenvalue weighted by Crippen LogP contribution is 2.67. The largest absolute Gasteiger partial charge is 0.393 e. The summed E-state index contributed by atoms with van der Waals surface area (Å²) in [6.45, 7) is 4.57. The molecule has 136 valence electrons. The van der Waals surface area contributed by atoms with Gasteiger partial charge in [0.05, 0.1) is 6.10 Å². The van der Waals surface area contributed by atoms with Gasteiger partial charge in [0.15, 0.2) is 5.78 Å². The van der Waals surface area contributed by atoms with Crippen molar-refractivity contribution in [1.29, 1.82) is 0 Å². The molecular formula is C21H34O3. The molecule has 3 heteroatoms. The Morgan fingerprint density at radius 2 is 1.67 bits per heavy atom. The van der Waals surface area contributed by atoms with Crippen LogP contribution >= 0.6 is 0 Å². The summed E-state index contributed by atoms with van der Waals surface area (Å²) in [5.41, 5.74) is 0.529. The van der Waals surface area contributed by atoms with Crippen LogP contribution in [0.2, 0.25) is 0 Å². The minimum absolute atomic E-state index is 0.0773. The van der Waals surface area contributed by atoms with Crippen molar-refractivity contribution in [1.82, 2.24) is 0 Å². The second kappa shape index (κ2) is 5.81. The Labute approximate surface area is 146 Å². The Hall–Kier alpha value is -0.410. The molecule has 2 N–H and O–H groups in total. The third-order valence-electron chi connectivity index (χ3n) is 9.18. The van der Waals surface area contributed by atoms with Gasteiger partial charge in [-0.2, -0.15) is 0 Å². The van der Waals surface area contributed by atoms with Crippen LogP contribution in [-0.4, -0.2) is 28.7 Å². The lowest BCUT2D eigenvalue weighted by Gasteiger charge is -2.60. The van der Waals surface area contributed by atoms with Crippen LogP contribution in [0.25, 0.3) is 0 Å². The predicted molar refractivity (Wildman–Crippen MR) is 93.3 cm³/mol. The van der Waals surface area contributed by atoms with Crippen molar-refractivity contribution >= 4 is 5.78 Å². The summed E-state index contributed by atoms with van der Waals surface area (Å²) in [7, 11) is 0. The van der Waals surface area contributed by atoms with Gasteiger partial charge in [0.2, 0.25) is 0 Å². The Bertz CT molecular complexity index is 517. The molecule has 0 aromatic carbocycles. The van der Waals surface area contributed by atoms with E-state index >= 15 is 0 Å². The maximum atomic E-state index is 12.3. The first-order chi connectivity index (χ1) is 11.4. The van der Waals surface area contributed by atoms with E-state index in [4.69, 9.17) is 0 Å². The highest BCUT2D eigenvalue weighted by Gasteiger charge is 2.60. The molecule has 0 spiro atoms. The lowest BCUT2D eigenvalue weighted by molar-refractivity contribution is -0.141. The summed E-state index contributed by atoms with van der Waals surface area (Å²) >= 11 is 0. The van der Waals surface area contributed by atoms with E-state index in [1.165, 1.54) is 32.1 Å². The molecule has 24 heavy (non-hydrogen) atoms. The smallest absolute Gasteiger partial charge is 0.161 e. The van der Waals surface area contributed by atoms with Crippen LogP contribution < -0.4 is 0 Å². The van der Waals surface area contributed by atoms with Gasteiger partial charge in [-0.25, -0.2) is 0 Å². The second-order valence-corrected chi connectivity index (χ2v) is 9.88. The van der Waals surface area contributed by atoms with E-state index in [9.17, 15) is 15.0 Å². The average Bonchev–Trinajstić information content (AvgIpc) is 2.92. The molecule has 4 rings (SSSR count). The number of rotatable bonds is 2. The average molecular weight is 335 g/mol. The Morgan fingerprint density at radius 3 is 2.42 bits per heavy atom. The van der Waals surface area contributed by atoms with Gasteiger partial charge in [0.1, 0.15) is 6.61 Å². The van der Waals surface area contributed by atoms with E-state index in [1.54, 1.807) is 0 Å². The molecule has 4 fully saturated rings. The second-order valence-electron chi connectivity index (χ2n) is 9.88. The van der Waals surface area contributed by atoms with Crippen molar-refractivity contribution < 1.29 is 15.0 Å². The van der Waals surface area contributed by atoms with E-state index in [1.807, 2.05) is 0 Å². The molecule has 0 bridgehead atoms. The van der Waals surface area contributed by atoms with Crippen molar-refractivity contribution in [2.75, 3.05) is 6.61 Å². The van der Waals surface area contributed by atoms with Crippen LogP contribution in [0.5, 0.6) is 0 Å². The Balaban J connectivity index is 1.60. The molecule has 4 aliphatic rings. The fourth-order valence-corrected chi connectivity index (χ4v) is 7.87. The summed E-state index contributed by atoms with van der Waals surface area (Å²) in [5.74, 6) is 3.08. The fourth-order valence-electron chi connectivity index (χ4n) is 7.87. The molecular weight excluding hydrogens is 300 g/mol. The monoisotopic (exact) mass is 334 g/mol. The third-order valence-corrected chi connectivity index (χ3v) is 9.18. The zero-order valence-corrected chi connectivity index (χ0v) is 15.3. The first-order valence-electron chi connectivity index (χ1n) is 10.2. The summed E-state index contributed by atoms with van der Waals surface area (Å²) in [6, 6.07) is 0. The molecule has 4 aliphatic carbocycles. The molecule has 0 aromatic rings. The van der Waals surface area contributed by atoms with Crippen LogP contribution in [-0.2, 0) is 4.79 Å². The number of aliphatic hydroxyl groups is 2. The normalized spacial score (nSPS) is 53.8. The summed E-state index contributed by atoms with van der Waals surface area (Å²) in [4.78, 5) is 12.3. The highest BCUT2D eigenvalue weighted by molar-refractivity contribution is 5.83. The lowest BCUT2D eigenvalue weighted by atomic mass is 9.44. The van der Waals surface area contributed by atoms with Gasteiger partial charge >= 0.3 is 0 Å². The van der Waals surface area contributed by atoms with Gasteiger partial charge in [-0.3, -0.25) is 4.79 Å². The molecule has 0 amide bonds. The van der Waals surface area contributed by atoms with Crippen molar-refractivity contribution in [2.24, 2.45) is 40.4 Å². The third kappa shape index (κ3) is 2.26. The van der Waals surface area contributed by atoms with E-state index in [-0.39, 0.29) is 29.8 Å². The number of carbonyl (C=O) groups is 1. The summed E-state index contributed by atoms with van der Waals surface area (Å²) < 4.78 is 0. The van der Waals surface area contributed by atoms with Crippen molar-refractivity contribution in [3.8, 4) is 0 Å². The molecule has 3 nitrogen and oxygen atoms in total. The molecule has 8 atom stereocenters. The highest BCUT2D eigenvalue weighted by atomic mass is 16.3. The van der Waals surface area contributed by atoms with Crippen LogP contribution in [0, 0.1) is 40.4 Å². The number of fused-ring (bicyclic) bond motifs is 5. The van der Waals surface area contributed by atoms with Crippen molar-refractivity contribution in [3.05, 3.63) is 0 Å². The van der Waals surface area contributed by atoms with Crippen molar-refractivity contribution in [3.63, 3.8) is 0 Å². The molecule has 0 aliphatic heterocycles. The topological polar surface area (TPSA) is 57.5 Å². The molecule has 1 unspecified atom stereocenters. The summed E-state index contributed by atoms with van der Waals surface area (Å²) in [5, 5.41) is 19.5. The van der Waals surface area contributed by atoms with E-state index in [0.717, 1.165) is 37.5 Å².